The van der Waals surface area contributed by atoms with Crippen molar-refractivity contribution >= 4 is 24.0 Å². The van der Waals surface area contributed by atoms with Crippen LogP contribution in [0.15, 0.2) is 49.2 Å². The van der Waals surface area contributed by atoms with Crippen molar-refractivity contribution in [2.24, 2.45) is 0 Å². The monoisotopic (exact) mass is 405 g/mol. The number of nitro benzene ring substituents is 1. The summed E-state index contributed by atoms with van der Waals surface area (Å²) < 4.78 is 1.85. The Morgan fingerprint density at radius 1 is 1.46 bits per heavy atom. The quantitative estimate of drug-likeness (QED) is 0.434. The number of nitrogens with zero attached hydrogens (tertiary/aromatic N) is 4. The molecule has 1 atom stereocenters. The molecule has 1 saturated heterocycles. The maximum atomic E-state index is 12.9. The van der Waals surface area contributed by atoms with E-state index in [-0.39, 0.29) is 36.6 Å². The van der Waals surface area contributed by atoms with Crippen LogP contribution in [0, 0.1) is 10.1 Å². The van der Waals surface area contributed by atoms with E-state index in [4.69, 9.17) is 0 Å². The smallest absolute Gasteiger partial charge is 0.274 e. The van der Waals surface area contributed by atoms with Crippen molar-refractivity contribution in [3.63, 3.8) is 0 Å². The van der Waals surface area contributed by atoms with Crippen LogP contribution < -0.4 is 5.32 Å². The highest BCUT2D eigenvalue weighted by Crippen LogP contribution is 2.18. The molecule has 150 valence electrons. The molecule has 0 aliphatic carbocycles. The van der Waals surface area contributed by atoms with E-state index in [0.717, 1.165) is 25.9 Å². The molecule has 1 amide bonds. The fraction of sp³-hybridized carbons (Fsp3) is 0.368. The first-order valence-corrected chi connectivity index (χ1v) is 8.98. The summed E-state index contributed by atoms with van der Waals surface area (Å²) in [7, 11) is 0. The van der Waals surface area contributed by atoms with E-state index >= 15 is 0 Å². The number of hydrogen-bond donors (Lipinski definition) is 1. The normalized spacial score (nSPS) is 16.1. The fourth-order valence-electron chi connectivity index (χ4n) is 3.24. The Hall–Kier alpha value is -2.71. The number of piperidine rings is 1. The third-order valence-corrected chi connectivity index (χ3v) is 4.60. The molecule has 1 aromatic carbocycles. The summed E-state index contributed by atoms with van der Waals surface area (Å²) in [5, 5.41) is 18.8. The summed E-state index contributed by atoms with van der Waals surface area (Å²) in [6.07, 6.45) is 5.59. The van der Waals surface area contributed by atoms with Crippen molar-refractivity contribution in [2.45, 2.75) is 25.4 Å². The van der Waals surface area contributed by atoms with E-state index in [1.165, 1.54) is 12.1 Å². The standard InChI is InChI=1S/C19H23N5O3.ClH/c1-2-10-22(14-15-5-3-6-16(12-15)24(26)27)19(25)18-8-11-23(21-18)17-7-4-9-20-13-17;/h2-3,5-6,8,11-12,17,20H,1,4,7,9-10,13-14H2;1H. The van der Waals surface area contributed by atoms with Crippen LogP contribution in [0.5, 0.6) is 0 Å². The summed E-state index contributed by atoms with van der Waals surface area (Å²) >= 11 is 0. The van der Waals surface area contributed by atoms with Crippen molar-refractivity contribution < 1.29 is 9.72 Å². The summed E-state index contributed by atoms with van der Waals surface area (Å²) in [6.45, 7) is 6.15. The second-order valence-corrected chi connectivity index (χ2v) is 6.58. The summed E-state index contributed by atoms with van der Waals surface area (Å²) in [6, 6.07) is 8.28. The van der Waals surface area contributed by atoms with Gasteiger partial charge in [-0.3, -0.25) is 19.6 Å². The number of nitro groups is 1. The van der Waals surface area contributed by atoms with Crippen molar-refractivity contribution in [3.05, 3.63) is 70.6 Å². The Labute approximate surface area is 169 Å². The van der Waals surface area contributed by atoms with Gasteiger partial charge in [-0.2, -0.15) is 5.10 Å². The van der Waals surface area contributed by atoms with Gasteiger partial charge in [-0.15, -0.1) is 19.0 Å². The molecule has 0 bridgehead atoms. The molecule has 28 heavy (non-hydrogen) atoms. The van der Waals surface area contributed by atoms with Crippen LogP contribution in [0.3, 0.4) is 0 Å². The first kappa shape index (κ1) is 21.6. The topological polar surface area (TPSA) is 93.3 Å². The first-order valence-electron chi connectivity index (χ1n) is 8.98. The van der Waals surface area contributed by atoms with Gasteiger partial charge < -0.3 is 10.2 Å². The molecule has 1 aliphatic rings. The Morgan fingerprint density at radius 2 is 2.29 bits per heavy atom. The van der Waals surface area contributed by atoms with Crippen molar-refractivity contribution in [3.8, 4) is 0 Å². The van der Waals surface area contributed by atoms with E-state index in [0.29, 0.717) is 17.8 Å². The number of benzene rings is 1. The molecule has 9 heteroatoms. The zero-order valence-electron chi connectivity index (χ0n) is 15.5. The number of carbonyl (C=O) groups is 1. The van der Waals surface area contributed by atoms with Crippen LogP contribution in [0.4, 0.5) is 5.69 Å². The van der Waals surface area contributed by atoms with Gasteiger partial charge >= 0.3 is 0 Å². The lowest BCUT2D eigenvalue weighted by Crippen LogP contribution is -2.33. The average molecular weight is 406 g/mol. The maximum absolute atomic E-state index is 12.9. The maximum Gasteiger partial charge on any atom is 0.274 e. The molecule has 1 unspecified atom stereocenters. The van der Waals surface area contributed by atoms with Gasteiger partial charge in [0, 0.05) is 38.0 Å². The number of carbonyl (C=O) groups excluding carboxylic acids is 1. The molecule has 0 saturated carbocycles. The van der Waals surface area contributed by atoms with Crippen LogP contribution in [0.2, 0.25) is 0 Å². The minimum atomic E-state index is -0.441. The van der Waals surface area contributed by atoms with Crippen LogP contribution >= 0.6 is 12.4 Å². The van der Waals surface area contributed by atoms with Gasteiger partial charge in [0.1, 0.15) is 5.69 Å². The summed E-state index contributed by atoms with van der Waals surface area (Å²) in [5.74, 6) is -0.219. The Bertz CT molecular complexity index is 832. The summed E-state index contributed by atoms with van der Waals surface area (Å²) in [4.78, 5) is 25.0. The molecule has 1 aromatic heterocycles. The molecule has 8 nitrogen and oxygen atoms in total. The molecule has 2 heterocycles. The van der Waals surface area contributed by atoms with E-state index in [2.05, 4.69) is 17.0 Å². The highest BCUT2D eigenvalue weighted by atomic mass is 35.5. The van der Waals surface area contributed by atoms with Crippen LogP contribution in [0.1, 0.15) is 34.9 Å². The van der Waals surface area contributed by atoms with E-state index < -0.39 is 4.92 Å². The number of hydrogen-bond acceptors (Lipinski definition) is 5. The number of halogens is 1. The average Bonchev–Trinajstić information content (AvgIpc) is 3.18. The number of nitrogens with one attached hydrogen (secondary N) is 1. The third-order valence-electron chi connectivity index (χ3n) is 4.60. The molecule has 2 aromatic rings. The fourth-order valence-corrected chi connectivity index (χ4v) is 3.24. The predicted molar refractivity (Wildman–Crippen MR) is 109 cm³/mol. The molecular formula is C19H24ClN5O3. The van der Waals surface area contributed by atoms with Crippen LogP contribution in [-0.4, -0.2) is 45.1 Å². The lowest BCUT2D eigenvalue weighted by molar-refractivity contribution is -0.384. The third kappa shape index (κ3) is 5.17. The van der Waals surface area contributed by atoms with E-state index in [1.807, 2.05) is 10.9 Å². The van der Waals surface area contributed by atoms with E-state index in [1.54, 1.807) is 29.2 Å². The van der Waals surface area contributed by atoms with Gasteiger partial charge in [-0.25, -0.2) is 0 Å². The van der Waals surface area contributed by atoms with Gasteiger partial charge in [-0.05, 0) is 31.0 Å². The SMILES string of the molecule is C=CCN(Cc1cccc([N+](=O)[O-])c1)C(=O)c1ccn(C2CCCNC2)n1.Cl. The zero-order chi connectivity index (χ0) is 19.2. The number of rotatable bonds is 7. The molecule has 3 rings (SSSR count). The second kappa shape index (κ2) is 10.0. The van der Waals surface area contributed by atoms with Gasteiger partial charge in [-0.1, -0.05) is 18.2 Å². The molecule has 0 spiro atoms. The van der Waals surface area contributed by atoms with Gasteiger partial charge in [0.2, 0.25) is 0 Å². The lowest BCUT2D eigenvalue weighted by atomic mass is 10.1. The second-order valence-electron chi connectivity index (χ2n) is 6.58. The molecule has 1 aliphatic heterocycles. The highest BCUT2D eigenvalue weighted by Gasteiger charge is 2.21. The minimum absolute atomic E-state index is 0. The molecule has 1 fully saturated rings. The molecule has 1 N–H and O–H groups in total. The number of aromatic nitrogens is 2. The van der Waals surface area contributed by atoms with Gasteiger partial charge in [0.15, 0.2) is 0 Å². The van der Waals surface area contributed by atoms with Crippen LogP contribution in [0.25, 0.3) is 0 Å². The Balaban J connectivity index is 0.00000280. The summed E-state index contributed by atoms with van der Waals surface area (Å²) in [5.41, 5.74) is 1.07. The van der Waals surface area contributed by atoms with Crippen LogP contribution in [-0.2, 0) is 6.54 Å². The molecular weight excluding hydrogens is 382 g/mol. The molecule has 0 radical (unpaired) electrons. The van der Waals surface area contributed by atoms with E-state index in [9.17, 15) is 14.9 Å². The highest BCUT2D eigenvalue weighted by molar-refractivity contribution is 5.92. The number of non-ortho nitro benzene ring substituents is 1. The predicted octanol–water partition coefficient (Wildman–Crippen LogP) is 2.97. The minimum Gasteiger partial charge on any atom is -0.329 e. The Kier molecular flexibility index (Phi) is 7.71. The largest absolute Gasteiger partial charge is 0.329 e. The first-order chi connectivity index (χ1) is 13.1. The van der Waals surface area contributed by atoms with Gasteiger partial charge in [0.05, 0.1) is 11.0 Å². The van der Waals surface area contributed by atoms with Crippen molar-refractivity contribution in [1.82, 2.24) is 20.0 Å². The zero-order valence-corrected chi connectivity index (χ0v) is 16.3. The number of amides is 1. The van der Waals surface area contributed by atoms with Crippen molar-refractivity contribution in [2.75, 3.05) is 19.6 Å². The lowest BCUT2D eigenvalue weighted by Gasteiger charge is -2.23. The van der Waals surface area contributed by atoms with Gasteiger partial charge in [0.25, 0.3) is 11.6 Å². The Morgan fingerprint density at radius 3 is 2.96 bits per heavy atom. The van der Waals surface area contributed by atoms with Crippen molar-refractivity contribution in [1.29, 1.82) is 0 Å².